The molecule has 6 nitrogen and oxygen atoms in total. The second-order valence-corrected chi connectivity index (χ2v) is 5.27. The zero-order valence-corrected chi connectivity index (χ0v) is 13.7. The van der Waals surface area contributed by atoms with E-state index < -0.39 is 0 Å². The number of halogens is 1. The Bertz CT molecular complexity index is 833. The number of benzene rings is 1. The first-order valence-electron chi connectivity index (χ1n) is 7.06. The number of aromatic hydroxyl groups is 1. The molecule has 0 aliphatic carbocycles. The van der Waals surface area contributed by atoms with Gasteiger partial charge in [0.2, 0.25) is 0 Å². The van der Waals surface area contributed by atoms with Crippen LogP contribution in [0.15, 0.2) is 48.8 Å². The van der Waals surface area contributed by atoms with Crippen LogP contribution in [0, 0.1) is 6.92 Å². The monoisotopic (exact) mass is 345 g/mol. The molecule has 2 N–H and O–H groups in total. The lowest BCUT2D eigenvalue weighted by molar-refractivity contribution is -0.122. The molecule has 0 atom stereocenters. The zero-order valence-electron chi connectivity index (χ0n) is 12.9. The van der Waals surface area contributed by atoms with Gasteiger partial charge in [-0.25, -0.2) is 4.98 Å². The number of phenolic OH excluding ortho intramolecular Hbond substituents is 1. The molecule has 124 valence electrons. The van der Waals surface area contributed by atoms with E-state index in [2.05, 4.69) is 9.97 Å². The van der Waals surface area contributed by atoms with Gasteiger partial charge in [-0.15, -0.1) is 0 Å². The van der Waals surface area contributed by atoms with Crippen molar-refractivity contribution < 1.29 is 15.0 Å². The van der Waals surface area contributed by atoms with Crippen LogP contribution in [0.25, 0.3) is 11.4 Å². The number of phenols is 1. The Hall–Kier alpha value is -2.86. The van der Waals surface area contributed by atoms with E-state index in [9.17, 15) is 5.11 Å². The number of hydrogen-bond acceptors (Lipinski definition) is 4. The summed E-state index contributed by atoms with van der Waals surface area (Å²) in [6.45, 7) is 2.31. The first-order valence-corrected chi connectivity index (χ1v) is 7.44. The quantitative estimate of drug-likeness (QED) is 0.710. The first kappa shape index (κ1) is 17.5. The van der Waals surface area contributed by atoms with Gasteiger partial charge in [-0.3, -0.25) is 9.78 Å². The Morgan fingerprint density at radius 3 is 2.67 bits per heavy atom. The smallest absolute Gasteiger partial charge is 0.290 e. The largest absolute Gasteiger partial charge is 0.506 e. The summed E-state index contributed by atoms with van der Waals surface area (Å²) in [6, 6.07) is 11.1. The van der Waals surface area contributed by atoms with Crippen molar-refractivity contribution in [1.82, 2.24) is 14.5 Å². The molecule has 7 heteroatoms. The van der Waals surface area contributed by atoms with Crippen molar-refractivity contribution in [3.05, 3.63) is 65.2 Å². The minimum Gasteiger partial charge on any atom is -0.506 e. The number of aryl methyl sites for hydroxylation is 1. The minimum absolute atomic E-state index is 0.0531. The molecular formula is C17H16ClN3O3. The van der Waals surface area contributed by atoms with Crippen LogP contribution in [0.3, 0.4) is 0 Å². The highest BCUT2D eigenvalue weighted by molar-refractivity contribution is 6.34. The highest BCUT2D eigenvalue weighted by atomic mass is 35.5. The molecule has 0 bridgehead atoms. The standard InChI is InChI=1S/C16H14ClN3O.CH2O2/c1-11-4-2-5-12(19-11)10-20-9-8-18-16(20)13-6-3-7-14(21)15(13)17;2-1-3/h2-9,21H,10H2,1H3;1H,(H,2,3). The second kappa shape index (κ2) is 8.12. The molecule has 0 fully saturated rings. The molecule has 0 radical (unpaired) electrons. The molecule has 24 heavy (non-hydrogen) atoms. The van der Waals surface area contributed by atoms with Gasteiger partial charge in [0.25, 0.3) is 6.47 Å². The fourth-order valence-electron chi connectivity index (χ4n) is 2.24. The summed E-state index contributed by atoms with van der Waals surface area (Å²) in [7, 11) is 0. The van der Waals surface area contributed by atoms with E-state index in [1.165, 1.54) is 0 Å². The zero-order chi connectivity index (χ0) is 17.5. The maximum absolute atomic E-state index is 9.73. The van der Waals surface area contributed by atoms with Crippen molar-refractivity contribution in [2.75, 3.05) is 0 Å². The summed E-state index contributed by atoms with van der Waals surface area (Å²) in [5.41, 5.74) is 2.63. The molecule has 0 spiro atoms. The maximum Gasteiger partial charge on any atom is 0.290 e. The topological polar surface area (TPSA) is 88.2 Å². The molecule has 0 saturated heterocycles. The van der Waals surface area contributed by atoms with Crippen LogP contribution in [0.4, 0.5) is 0 Å². The van der Waals surface area contributed by atoms with Crippen LogP contribution in [0.1, 0.15) is 11.4 Å². The van der Waals surface area contributed by atoms with E-state index in [1.807, 2.05) is 42.0 Å². The van der Waals surface area contributed by atoms with Crippen LogP contribution >= 0.6 is 11.6 Å². The van der Waals surface area contributed by atoms with E-state index >= 15 is 0 Å². The Morgan fingerprint density at radius 2 is 1.96 bits per heavy atom. The summed E-state index contributed by atoms with van der Waals surface area (Å²) in [5.74, 6) is 0.761. The third kappa shape index (κ3) is 4.11. The van der Waals surface area contributed by atoms with Crippen molar-refractivity contribution in [3.8, 4) is 17.1 Å². The van der Waals surface area contributed by atoms with Crippen molar-refractivity contribution in [2.45, 2.75) is 13.5 Å². The summed E-state index contributed by atoms with van der Waals surface area (Å²) >= 11 is 6.17. The van der Waals surface area contributed by atoms with Gasteiger partial charge in [0, 0.05) is 23.7 Å². The van der Waals surface area contributed by atoms with Crippen molar-refractivity contribution in [3.63, 3.8) is 0 Å². The molecule has 3 rings (SSSR count). The fraction of sp³-hybridized carbons (Fsp3) is 0.118. The van der Waals surface area contributed by atoms with Gasteiger partial charge in [-0.1, -0.05) is 23.7 Å². The molecule has 1 aromatic carbocycles. The summed E-state index contributed by atoms with van der Waals surface area (Å²) < 4.78 is 1.96. The molecule has 3 aromatic rings. The average molecular weight is 346 g/mol. The maximum atomic E-state index is 9.73. The minimum atomic E-state index is -0.250. The summed E-state index contributed by atoms with van der Waals surface area (Å²) in [5, 5.41) is 16.9. The van der Waals surface area contributed by atoms with E-state index in [-0.39, 0.29) is 12.2 Å². The van der Waals surface area contributed by atoms with Crippen molar-refractivity contribution >= 4 is 18.1 Å². The number of pyridine rings is 1. The van der Waals surface area contributed by atoms with Gasteiger partial charge in [0.05, 0.1) is 17.3 Å². The number of carbonyl (C=O) groups is 1. The van der Waals surface area contributed by atoms with Crippen LogP contribution in [-0.4, -0.2) is 31.2 Å². The summed E-state index contributed by atoms with van der Waals surface area (Å²) in [4.78, 5) is 17.2. The Labute approximate surface area is 144 Å². The third-order valence-electron chi connectivity index (χ3n) is 3.21. The highest BCUT2D eigenvalue weighted by Crippen LogP contribution is 2.33. The lowest BCUT2D eigenvalue weighted by Gasteiger charge is -2.10. The van der Waals surface area contributed by atoms with Gasteiger partial charge in [0.15, 0.2) is 0 Å². The highest BCUT2D eigenvalue weighted by Gasteiger charge is 2.13. The van der Waals surface area contributed by atoms with E-state index in [0.717, 1.165) is 11.4 Å². The van der Waals surface area contributed by atoms with Gasteiger partial charge in [-0.2, -0.15) is 0 Å². The predicted octanol–water partition coefficient (Wildman–Crippen LogP) is 3.36. The normalized spacial score (nSPS) is 9.92. The molecule has 0 aliphatic rings. The Kier molecular flexibility index (Phi) is 5.92. The van der Waals surface area contributed by atoms with Gasteiger partial charge in [-0.05, 0) is 31.2 Å². The molecular weight excluding hydrogens is 330 g/mol. The third-order valence-corrected chi connectivity index (χ3v) is 3.61. The lowest BCUT2D eigenvalue weighted by atomic mass is 10.2. The first-order chi connectivity index (χ1) is 11.6. The molecule has 0 amide bonds. The number of hydrogen-bond donors (Lipinski definition) is 2. The van der Waals surface area contributed by atoms with Crippen LogP contribution in [0.5, 0.6) is 5.75 Å². The van der Waals surface area contributed by atoms with Crippen molar-refractivity contribution in [1.29, 1.82) is 0 Å². The van der Waals surface area contributed by atoms with E-state index in [1.54, 1.807) is 18.3 Å². The number of rotatable bonds is 3. The Morgan fingerprint density at radius 1 is 1.25 bits per heavy atom. The van der Waals surface area contributed by atoms with Gasteiger partial charge >= 0.3 is 0 Å². The van der Waals surface area contributed by atoms with Gasteiger partial charge < -0.3 is 14.8 Å². The lowest BCUT2D eigenvalue weighted by Crippen LogP contribution is -2.03. The fourth-order valence-corrected chi connectivity index (χ4v) is 2.45. The number of imidazole rings is 1. The molecule has 2 heterocycles. The predicted molar refractivity (Wildman–Crippen MR) is 91.1 cm³/mol. The molecule has 2 aromatic heterocycles. The second-order valence-electron chi connectivity index (χ2n) is 4.89. The van der Waals surface area contributed by atoms with Crippen LogP contribution in [0.2, 0.25) is 5.02 Å². The number of carboxylic acid groups (broad SMARTS) is 1. The van der Waals surface area contributed by atoms with E-state index in [4.69, 9.17) is 21.5 Å². The SMILES string of the molecule is Cc1cccc(Cn2ccnc2-c2cccc(O)c2Cl)n1.O=CO. The van der Waals surface area contributed by atoms with Crippen molar-refractivity contribution in [2.24, 2.45) is 0 Å². The Balaban J connectivity index is 0.000000647. The molecule has 0 unspecified atom stereocenters. The average Bonchev–Trinajstić information content (AvgIpc) is 2.99. The molecule has 0 aliphatic heterocycles. The van der Waals surface area contributed by atoms with E-state index in [0.29, 0.717) is 23.0 Å². The van der Waals surface area contributed by atoms with Crippen LogP contribution < -0.4 is 0 Å². The summed E-state index contributed by atoms with van der Waals surface area (Å²) in [6.07, 6.45) is 3.59. The van der Waals surface area contributed by atoms with Crippen LogP contribution in [-0.2, 0) is 11.3 Å². The number of nitrogens with zero attached hydrogens (tertiary/aromatic N) is 3. The van der Waals surface area contributed by atoms with Gasteiger partial charge in [0.1, 0.15) is 11.6 Å². The number of aromatic nitrogens is 3. The molecule has 0 saturated carbocycles.